The van der Waals surface area contributed by atoms with Crippen molar-refractivity contribution in [3.8, 4) is 11.5 Å². The Morgan fingerprint density at radius 2 is 1.69 bits per heavy atom. The number of nitrogens with one attached hydrogen (secondary N) is 2. The standard InChI is InChI=1S/C23H42N4O2/c1-7-24-23(25-16-12-13-17-27(8-2)9-3)26-19(6)20-14-15-21(28-10-4)22(18-20)29-11-5/h14-15,18-19H,7-13,16-17H2,1-6H3,(H2,24,25,26). The van der Waals surface area contributed by atoms with Crippen molar-refractivity contribution in [2.75, 3.05) is 45.9 Å². The van der Waals surface area contributed by atoms with E-state index in [9.17, 15) is 0 Å². The van der Waals surface area contributed by atoms with Crippen LogP contribution in [0.2, 0.25) is 0 Å². The predicted octanol–water partition coefficient (Wildman–Crippen LogP) is 4.22. The molecule has 166 valence electrons. The summed E-state index contributed by atoms with van der Waals surface area (Å²) in [4.78, 5) is 7.21. The molecule has 0 aliphatic heterocycles. The second kappa shape index (κ2) is 15.0. The van der Waals surface area contributed by atoms with Gasteiger partial charge in [0.15, 0.2) is 17.5 Å². The zero-order valence-electron chi connectivity index (χ0n) is 19.4. The summed E-state index contributed by atoms with van der Waals surface area (Å²) in [6.07, 6.45) is 2.27. The van der Waals surface area contributed by atoms with Crippen molar-refractivity contribution < 1.29 is 9.47 Å². The highest BCUT2D eigenvalue weighted by atomic mass is 16.5. The van der Waals surface area contributed by atoms with Crippen LogP contribution in [0.5, 0.6) is 11.5 Å². The van der Waals surface area contributed by atoms with Crippen LogP contribution in [0.3, 0.4) is 0 Å². The second-order valence-electron chi connectivity index (χ2n) is 6.93. The molecule has 0 saturated heterocycles. The maximum atomic E-state index is 5.76. The fourth-order valence-corrected chi connectivity index (χ4v) is 3.12. The van der Waals surface area contributed by atoms with Crippen molar-refractivity contribution >= 4 is 5.96 Å². The van der Waals surface area contributed by atoms with Gasteiger partial charge in [-0.3, -0.25) is 4.99 Å². The van der Waals surface area contributed by atoms with Crippen molar-refractivity contribution in [2.45, 2.75) is 60.4 Å². The van der Waals surface area contributed by atoms with Gasteiger partial charge in [0.1, 0.15) is 0 Å². The molecule has 1 rings (SSSR count). The molecule has 1 atom stereocenters. The van der Waals surface area contributed by atoms with Crippen LogP contribution in [0.25, 0.3) is 0 Å². The minimum Gasteiger partial charge on any atom is -0.490 e. The molecule has 2 N–H and O–H groups in total. The highest BCUT2D eigenvalue weighted by Gasteiger charge is 2.12. The lowest BCUT2D eigenvalue weighted by Gasteiger charge is -2.20. The van der Waals surface area contributed by atoms with Crippen LogP contribution in [-0.2, 0) is 0 Å². The summed E-state index contributed by atoms with van der Waals surface area (Å²) in [6, 6.07) is 6.23. The Balaban J connectivity index is 2.68. The van der Waals surface area contributed by atoms with E-state index in [0.717, 1.165) is 62.2 Å². The lowest BCUT2D eigenvalue weighted by Crippen LogP contribution is -2.38. The molecule has 1 unspecified atom stereocenters. The number of aliphatic imine (C=N–C) groups is 1. The van der Waals surface area contributed by atoms with Gasteiger partial charge in [0.05, 0.1) is 19.3 Å². The molecule has 1 aromatic carbocycles. The maximum Gasteiger partial charge on any atom is 0.191 e. The first-order chi connectivity index (χ1) is 14.1. The van der Waals surface area contributed by atoms with Crippen molar-refractivity contribution in [1.29, 1.82) is 0 Å². The molecule has 0 aromatic heterocycles. The van der Waals surface area contributed by atoms with Crippen LogP contribution in [0.15, 0.2) is 23.2 Å². The van der Waals surface area contributed by atoms with Crippen molar-refractivity contribution in [3.05, 3.63) is 23.8 Å². The number of hydrogen-bond donors (Lipinski definition) is 2. The topological polar surface area (TPSA) is 58.1 Å². The molecule has 0 aliphatic rings. The third-order valence-electron chi connectivity index (χ3n) is 4.81. The molecule has 0 radical (unpaired) electrons. The smallest absolute Gasteiger partial charge is 0.191 e. The molecule has 0 amide bonds. The van der Waals surface area contributed by atoms with Crippen LogP contribution in [0, 0.1) is 0 Å². The molecule has 0 bridgehead atoms. The number of hydrogen-bond acceptors (Lipinski definition) is 4. The molecule has 1 aromatic rings. The van der Waals surface area contributed by atoms with E-state index in [0.29, 0.717) is 13.2 Å². The SMILES string of the molecule is CCNC(=NCCCCN(CC)CC)NC(C)c1ccc(OCC)c(OCC)c1. The van der Waals surface area contributed by atoms with Gasteiger partial charge in [0.2, 0.25) is 0 Å². The highest BCUT2D eigenvalue weighted by Crippen LogP contribution is 2.30. The summed E-state index contributed by atoms with van der Waals surface area (Å²) < 4.78 is 11.4. The summed E-state index contributed by atoms with van der Waals surface area (Å²) in [7, 11) is 0. The van der Waals surface area contributed by atoms with Gasteiger partial charge in [0.25, 0.3) is 0 Å². The molecule has 0 saturated carbocycles. The molecular weight excluding hydrogens is 364 g/mol. The first-order valence-corrected chi connectivity index (χ1v) is 11.3. The first kappa shape index (κ1) is 25.1. The van der Waals surface area contributed by atoms with Gasteiger partial charge in [-0.2, -0.15) is 0 Å². The van der Waals surface area contributed by atoms with E-state index in [1.165, 1.54) is 6.42 Å². The van der Waals surface area contributed by atoms with Crippen LogP contribution in [0.1, 0.15) is 66.0 Å². The van der Waals surface area contributed by atoms with Crippen LogP contribution >= 0.6 is 0 Å². The van der Waals surface area contributed by atoms with Gasteiger partial charge in [0, 0.05) is 13.1 Å². The Morgan fingerprint density at radius 1 is 1.00 bits per heavy atom. The lowest BCUT2D eigenvalue weighted by atomic mass is 10.1. The Labute approximate surface area is 178 Å². The number of unbranched alkanes of at least 4 members (excludes halogenated alkanes) is 1. The quantitative estimate of drug-likeness (QED) is 0.275. The van der Waals surface area contributed by atoms with Crippen molar-refractivity contribution in [3.63, 3.8) is 0 Å². The zero-order valence-corrected chi connectivity index (χ0v) is 19.4. The van der Waals surface area contributed by atoms with Crippen LogP contribution in [-0.4, -0.2) is 56.8 Å². The number of rotatable bonds is 14. The van der Waals surface area contributed by atoms with Crippen LogP contribution < -0.4 is 20.1 Å². The van der Waals surface area contributed by atoms with E-state index in [2.05, 4.69) is 55.4 Å². The number of nitrogens with zero attached hydrogens (tertiary/aromatic N) is 2. The Hall–Kier alpha value is -1.95. The fourth-order valence-electron chi connectivity index (χ4n) is 3.12. The van der Waals surface area contributed by atoms with Crippen molar-refractivity contribution in [1.82, 2.24) is 15.5 Å². The molecule has 0 heterocycles. The summed E-state index contributed by atoms with van der Waals surface area (Å²) in [5.41, 5.74) is 1.14. The fraction of sp³-hybridized carbons (Fsp3) is 0.696. The monoisotopic (exact) mass is 406 g/mol. The van der Waals surface area contributed by atoms with E-state index in [1.54, 1.807) is 0 Å². The van der Waals surface area contributed by atoms with Gasteiger partial charge < -0.3 is 25.0 Å². The minimum atomic E-state index is 0.110. The third-order valence-corrected chi connectivity index (χ3v) is 4.81. The zero-order chi connectivity index (χ0) is 21.5. The maximum absolute atomic E-state index is 5.76. The minimum absolute atomic E-state index is 0.110. The van der Waals surface area contributed by atoms with E-state index < -0.39 is 0 Å². The van der Waals surface area contributed by atoms with Gasteiger partial charge in [-0.1, -0.05) is 19.9 Å². The molecule has 0 spiro atoms. The van der Waals surface area contributed by atoms with Crippen LogP contribution in [0.4, 0.5) is 0 Å². The average Bonchev–Trinajstić information content (AvgIpc) is 2.72. The van der Waals surface area contributed by atoms with E-state index >= 15 is 0 Å². The van der Waals surface area contributed by atoms with E-state index in [4.69, 9.17) is 14.5 Å². The molecule has 0 fully saturated rings. The number of ether oxygens (including phenoxy) is 2. The summed E-state index contributed by atoms with van der Waals surface area (Å²) >= 11 is 0. The van der Waals surface area contributed by atoms with Crippen molar-refractivity contribution in [2.24, 2.45) is 4.99 Å². The Kier molecular flexibility index (Phi) is 12.9. The first-order valence-electron chi connectivity index (χ1n) is 11.3. The average molecular weight is 407 g/mol. The van der Waals surface area contributed by atoms with Gasteiger partial charge >= 0.3 is 0 Å². The molecule has 6 nitrogen and oxygen atoms in total. The summed E-state index contributed by atoms with van der Waals surface area (Å²) in [5, 5.41) is 6.86. The number of benzene rings is 1. The largest absolute Gasteiger partial charge is 0.490 e. The molecule has 0 aliphatic carbocycles. The van der Waals surface area contributed by atoms with E-state index in [1.807, 2.05) is 19.9 Å². The molecule has 6 heteroatoms. The third kappa shape index (κ3) is 9.39. The summed E-state index contributed by atoms with van der Waals surface area (Å²) in [6.45, 7) is 18.9. The molecular formula is C23H42N4O2. The lowest BCUT2D eigenvalue weighted by molar-refractivity contribution is 0.287. The summed E-state index contributed by atoms with van der Waals surface area (Å²) in [5.74, 6) is 2.44. The Bertz CT molecular complexity index is 588. The second-order valence-corrected chi connectivity index (χ2v) is 6.93. The number of guanidine groups is 1. The van der Waals surface area contributed by atoms with Gasteiger partial charge in [-0.25, -0.2) is 0 Å². The van der Waals surface area contributed by atoms with Gasteiger partial charge in [-0.05, 0) is 77.9 Å². The predicted molar refractivity (Wildman–Crippen MR) is 123 cm³/mol. The molecule has 29 heavy (non-hydrogen) atoms. The Morgan fingerprint density at radius 3 is 2.31 bits per heavy atom. The van der Waals surface area contributed by atoms with Gasteiger partial charge in [-0.15, -0.1) is 0 Å². The van der Waals surface area contributed by atoms with E-state index in [-0.39, 0.29) is 6.04 Å². The highest BCUT2D eigenvalue weighted by molar-refractivity contribution is 5.80. The normalized spacial score (nSPS) is 12.7.